The SMILES string of the molecule is Cc1cc(Br)cc(OC2CCNC2)c1. The predicted molar refractivity (Wildman–Crippen MR) is 60.8 cm³/mol. The summed E-state index contributed by atoms with van der Waals surface area (Å²) in [6.45, 7) is 4.10. The molecule has 0 saturated carbocycles. The largest absolute Gasteiger partial charge is 0.489 e. The Morgan fingerprint density at radius 2 is 2.29 bits per heavy atom. The van der Waals surface area contributed by atoms with E-state index in [2.05, 4.69) is 40.3 Å². The van der Waals surface area contributed by atoms with E-state index in [1.54, 1.807) is 0 Å². The van der Waals surface area contributed by atoms with Crippen molar-refractivity contribution in [1.82, 2.24) is 5.32 Å². The fourth-order valence-corrected chi connectivity index (χ4v) is 2.28. The molecule has 1 heterocycles. The van der Waals surface area contributed by atoms with Crippen LogP contribution in [-0.2, 0) is 0 Å². The second-order valence-electron chi connectivity index (χ2n) is 3.70. The van der Waals surface area contributed by atoms with Crippen molar-refractivity contribution >= 4 is 15.9 Å². The number of ether oxygens (including phenoxy) is 1. The van der Waals surface area contributed by atoms with Crippen molar-refractivity contribution in [3.05, 3.63) is 28.2 Å². The fourth-order valence-electron chi connectivity index (χ4n) is 1.69. The van der Waals surface area contributed by atoms with Gasteiger partial charge in [0.15, 0.2) is 0 Å². The molecule has 3 heteroatoms. The molecule has 0 aromatic heterocycles. The van der Waals surface area contributed by atoms with Crippen LogP contribution in [0.5, 0.6) is 5.75 Å². The van der Waals surface area contributed by atoms with Crippen molar-refractivity contribution in [1.29, 1.82) is 0 Å². The molecule has 76 valence electrons. The van der Waals surface area contributed by atoms with E-state index in [1.807, 2.05) is 6.07 Å². The van der Waals surface area contributed by atoms with Crippen molar-refractivity contribution < 1.29 is 4.74 Å². The number of hydrogen-bond acceptors (Lipinski definition) is 2. The highest BCUT2D eigenvalue weighted by Gasteiger charge is 2.15. The molecule has 1 aromatic carbocycles. The first-order valence-corrected chi connectivity index (χ1v) is 5.68. The number of aryl methyl sites for hydroxylation is 1. The lowest BCUT2D eigenvalue weighted by Crippen LogP contribution is -2.19. The van der Waals surface area contributed by atoms with Crippen LogP contribution in [0, 0.1) is 6.92 Å². The molecule has 1 aromatic rings. The van der Waals surface area contributed by atoms with Crippen molar-refractivity contribution in [2.24, 2.45) is 0 Å². The molecule has 1 atom stereocenters. The zero-order valence-electron chi connectivity index (χ0n) is 8.22. The molecular weight excluding hydrogens is 242 g/mol. The van der Waals surface area contributed by atoms with Gasteiger partial charge in [-0.15, -0.1) is 0 Å². The summed E-state index contributed by atoms with van der Waals surface area (Å²) in [5.41, 5.74) is 1.22. The Bertz CT molecular complexity index is 301. The molecule has 0 aliphatic carbocycles. The second kappa shape index (κ2) is 4.32. The van der Waals surface area contributed by atoms with Crippen LogP contribution in [-0.4, -0.2) is 19.2 Å². The normalized spacial score (nSPS) is 21.1. The highest BCUT2D eigenvalue weighted by Crippen LogP contribution is 2.22. The maximum absolute atomic E-state index is 5.84. The van der Waals surface area contributed by atoms with Gasteiger partial charge in [0.1, 0.15) is 11.9 Å². The van der Waals surface area contributed by atoms with E-state index in [0.29, 0.717) is 6.10 Å². The van der Waals surface area contributed by atoms with Crippen LogP contribution < -0.4 is 10.1 Å². The van der Waals surface area contributed by atoms with E-state index in [-0.39, 0.29) is 0 Å². The first kappa shape index (κ1) is 9.99. The summed E-state index contributed by atoms with van der Waals surface area (Å²) < 4.78 is 6.93. The Morgan fingerprint density at radius 3 is 2.93 bits per heavy atom. The predicted octanol–water partition coefficient (Wildman–Crippen LogP) is 2.50. The number of halogens is 1. The minimum absolute atomic E-state index is 0.337. The molecular formula is C11H14BrNO. The van der Waals surface area contributed by atoms with Gasteiger partial charge >= 0.3 is 0 Å². The molecule has 2 nitrogen and oxygen atoms in total. The Kier molecular flexibility index (Phi) is 3.08. The molecule has 0 radical (unpaired) electrons. The van der Waals surface area contributed by atoms with Gasteiger partial charge in [-0.2, -0.15) is 0 Å². The minimum Gasteiger partial charge on any atom is -0.489 e. The monoisotopic (exact) mass is 255 g/mol. The Labute approximate surface area is 92.8 Å². The Balaban J connectivity index is 2.07. The highest BCUT2D eigenvalue weighted by molar-refractivity contribution is 9.10. The zero-order valence-corrected chi connectivity index (χ0v) is 9.80. The summed E-state index contributed by atoms with van der Waals surface area (Å²) in [4.78, 5) is 0. The first-order chi connectivity index (χ1) is 6.74. The highest BCUT2D eigenvalue weighted by atomic mass is 79.9. The van der Waals surface area contributed by atoms with Crippen LogP contribution in [0.2, 0.25) is 0 Å². The van der Waals surface area contributed by atoms with E-state index in [9.17, 15) is 0 Å². The van der Waals surface area contributed by atoms with Gasteiger partial charge in [0.25, 0.3) is 0 Å². The quantitative estimate of drug-likeness (QED) is 0.877. The summed E-state index contributed by atoms with van der Waals surface area (Å²) in [7, 11) is 0. The molecule has 2 rings (SSSR count). The van der Waals surface area contributed by atoms with Gasteiger partial charge in [0.2, 0.25) is 0 Å². The van der Waals surface area contributed by atoms with Crippen LogP contribution in [0.4, 0.5) is 0 Å². The van der Waals surface area contributed by atoms with E-state index in [0.717, 1.165) is 29.7 Å². The van der Waals surface area contributed by atoms with Gasteiger partial charge in [-0.1, -0.05) is 15.9 Å². The third kappa shape index (κ3) is 2.49. The standard InChI is InChI=1S/C11H14BrNO/c1-8-4-9(12)6-11(5-8)14-10-2-3-13-7-10/h4-6,10,13H,2-3,7H2,1H3. The van der Waals surface area contributed by atoms with Crippen LogP contribution in [0.25, 0.3) is 0 Å². The maximum atomic E-state index is 5.84. The molecule has 1 N–H and O–H groups in total. The molecule has 14 heavy (non-hydrogen) atoms. The number of hydrogen-bond donors (Lipinski definition) is 1. The van der Waals surface area contributed by atoms with Crippen LogP contribution >= 0.6 is 15.9 Å². The van der Waals surface area contributed by atoms with Gasteiger partial charge in [-0.3, -0.25) is 0 Å². The lowest BCUT2D eigenvalue weighted by Gasteiger charge is -2.13. The summed E-state index contributed by atoms with van der Waals surface area (Å²) in [5, 5.41) is 3.29. The average Bonchev–Trinajstić information content (AvgIpc) is 2.54. The molecule has 0 amide bonds. The number of benzene rings is 1. The Hall–Kier alpha value is -0.540. The maximum Gasteiger partial charge on any atom is 0.121 e. The fraction of sp³-hybridized carbons (Fsp3) is 0.455. The molecule has 1 saturated heterocycles. The van der Waals surface area contributed by atoms with Crippen LogP contribution in [0.15, 0.2) is 22.7 Å². The van der Waals surface area contributed by atoms with Crippen LogP contribution in [0.1, 0.15) is 12.0 Å². The molecule has 0 bridgehead atoms. The summed E-state index contributed by atoms with van der Waals surface area (Å²) in [6.07, 6.45) is 1.44. The van der Waals surface area contributed by atoms with E-state index < -0.39 is 0 Å². The number of rotatable bonds is 2. The minimum atomic E-state index is 0.337. The van der Waals surface area contributed by atoms with Gasteiger partial charge in [-0.25, -0.2) is 0 Å². The summed E-state index contributed by atoms with van der Waals surface area (Å²) in [6, 6.07) is 6.17. The van der Waals surface area contributed by atoms with Gasteiger partial charge < -0.3 is 10.1 Å². The van der Waals surface area contributed by atoms with Crippen molar-refractivity contribution in [3.63, 3.8) is 0 Å². The van der Waals surface area contributed by atoms with Gasteiger partial charge in [0, 0.05) is 11.0 Å². The number of nitrogens with one attached hydrogen (secondary N) is 1. The average molecular weight is 256 g/mol. The molecule has 1 fully saturated rings. The van der Waals surface area contributed by atoms with Gasteiger partial charge in [-0.05, 0) is 43.7 Å². The lowest BCUT2D eigenvalue weighted by molar-refractivity contribution is 0.223. The lowest BCUT2D eigenvalue weighted by atomic mass is 10.2. The second-order valence-corrected chi connectivity index (χ2v) is 4.61. The Morgan fingerprint density at radius 1 is 1.43 bits per heavy atom. The third-order valence-corrected chi connectivity index (χ3v) is 2.79. The van der Waals surface area contributed by atoms with Crippen molar-refractivity contribution in [2.45, 2.75) is 19.4 Å². The van der Waals surface area contributed by atoms with Crippen LogP contribution in [0.3, 0.4) is 0 Å². The molecule has 1 aliphatic heterocycles. The summed E-state index contributed by atoms with van der Waals surface area (Å²) in [5.74, 6) is 0.963. The third-order valence-electron chi connectivity index (χ3n) is 2.33. The van der Waals surface area contributed by atoms with E-state index in [4.69, 9.17) is 4.74 Å². The van der Waals surface area contributed by atoms with Gasteiger partial charge in [0.05, 0.1) is 0 Å². The van der Waals surface area contributed by atoms with Crippen molar-refractivity contribution in [2.75, 3.05) is 13.1 Å². The van der Waals surface area contributed by atoms with E-state index >= 15 is 0 Å². The molecule has 1 aliphatic rings. The summed E-state index contributed by atoms with van der Waals surface area (Å²) >= 11 is 3.47. The molecule has 1 unspecified atom stereocenters. The topological polar surface area (TPSA) is 21.3 Å². The van der Waals surface area contributed by atoms with Crippen molar-refractivity contribution in [3.8, 4) is 5.75 Å². The smallest absolute Gasteiger partial charge is 0.121 e. The zero-order chi connectivity index (χ0) is 9.97. The van der Waals surface area contributed by atoms with E-state index in [1.165, 1.54) is 5.56 Å². The molecule has 0 spiro atoms. The first-order valence-electron chi connectivity index (χ1n) is 4.88.